The lowest BCUT2D eigenvalue weighted by molar-refractivity contribution is -0.115. The zero-order valence-electron chi connectivity index (χ0n) is 21.6. The molecule has 1 amide bonds. The molecule has 5 heterocycles. The number of anilines is 1. The maximum Gasteiger partial charge on any atom is 0.228 e. The Bertz CT molecular complexity index is 2000. The molecule has 0 saturated carbocycles. The number of carbonyl (C=O) groups excluding carboxylic acids is 1. The van der Waals surface area contributed by atoms with Crippen LogP contribution in [0, 0.1) is 6.92 Å². The number of fused-ring (bicyclic) bond motifs is 2. The molecule has 3 N–H and O–H groups in total. The van der Waals surface area contributed by atoms with Gasteiger partial charge < -0.3 is 14.9 Å². The van der Waals surface area contributed by atoms with Crippen LogP contribution in [-0.2, 0) is 11.2 Å². The molecule has 9 nitrogen and oxygen atoms in total. The summed E-state index contributed by atoms with van der Waals surface area (Å²) >= 11 is 0. The molecule has 0 unspecified atom stereocenters. The zero-order chi connectivity index (χ0) is 27.1. The topological polar surface area (TPSA) is 117 Å². The maximum atomic E-state index is 12.6. The Hall–Kier alpha value is -5.57. The van der Waals surface area contributed by atoms with Gasteiger partial charge in [-0.1, -0.05) is 36.4 Å². The zero-order valence-corrected chi connectivity index (χ0v) is 21.6. The van der Waals surface area contributed by atoms with Crippen molar-refractivity contribution in [2.75, 3.05) is 5.32 Å². The number of H-pyrrole nitrogens is 2. The van der Waals surface area contributed by atoms with Gasteiger partial charge in [0.1, 0.15) is 5.69 Å². The van der Waals surface area contributed by atoms with E-state index in [2.05, 4.69) is 53.6 Å². The van der Waals surface area contributed by atoms with E-state index in [0.717, 1.165) is 61.4 Å². The highest BCUT2D eigenvalue weighted by atomic mass is 16.1. The standard InChI is InChI=1S/C31H24N8O/c1-19-17-39(18-34-19)29-9-5-8-25-23(29)12-27(36-25)31-24-13-26(33-16-28(24)37-38-31)21-11-22(15-32-14-21)35-30(40)10-20-6-3-2-4-7-20/h2-9,11-18,36H,10H2,1H3,(H,35,40)(H,37,38). The molecule has 0 spiro atoms. The number of amides is 1. The number of aryl methyl sites for hydroxylation is 1. The summed E-state index contributed by atoms with van der Waals surface area (Å²) in [7, 11) is 0. The van der Waals surface area contributed by atoms with Crippen LogP contribution in [0.4, 0.5) is 5.69 Å². The predicted molar refractivity (Wildman–Crippen MR) is 155 cm³/mol. The highest BCUT2D eigenvalue weighted by Crippen LogP contribution is 2.33. The van der Waals surface area contributed by atoms with Gasteiger partial charge in [-0.25, -0.2) is 4.98 Å². The Morgan fingerprint density at radius 2 is 1.82 bits per heavy atom. The van der Waals surface area contributed by atoms with Gasteiger partial charge in [0.15, 0.2) is 0 Å². The third kappa shape index (κ3) is 4.39. The summed E-state index contributed by atoms with van der Waals surface area (Å²) in [5.74, 6) is -0.102. The van der Waals surface area contributed by atoms with E-state index in [9.17, 15) is 4.79 Å². The van der Waals surface area contributed by atoms with Crippen LogP contribution < -0.4 is 5.32 Å². The Morgan fingerprint density at radius 3 is 2.67 bits per heavy atom. The third-order valence-corrected chi connectivity index (χ3v) is 6.86. The van der Waals surface area contributed by atoms with Crippen molar-refractivity contribution >= 4 is 33.4 Å². The molecular weight excluding hydrogens is 500 g/mol. The Morgan fingerprint density at radius 1 is 0.925 bits per heavy atom. The summed E-state index contributed by atoms with van der Waals surface area (Å²) < 4.78 is 2.03. The first-order valence-electron chi connectivity index (χ1n) is 12.9. The predicted octanol–water partition coefficient (Wildman–Crippen LogP) is 5.84. The summed E-state index contributed by atoms with van der Waals surface area (Å²) in [6.45, 7) is 1.98. The molecule has 0 radical (unpaired) electrons. The summed E-state index contributed by atoms with van der Waals surface area (Å²) in [6, 6.07) is 21.8. The highest BCUT2D eigenvalue weighted by Gasteiger charge is 2.15. The molecule has 0 saturated heterocycles. The van der Waals surface area contributed by atoms with E-state index in [-0.39, 0.29) is 5.91 Å². The fourth-order valence-electron chi connectivity index (χ4n) is 4.96. The van der Waals surface area contributed by atoms with Crippen LogP contribution in [0.25, 0.3) is 50.1 Å². The summed E-state index contributed by atoms with van der Waals surface area (Å²) in [5, 5.41) is 12.7. The van der Waals surface area contributed by atoms with Crippen molar-refractivity contribution in [3.63, 3.8) is 0 Å². The average molecular weight is 525 g/mol. The van der Waals surface area contributed by atoms with Crippen molar-refractivity contribution in [3.8, 4) is 28.3 Å². The largest absolute Gasteiger partial charge is 0.353 e. The first-order valence-corrected chi connectivity index (χ1v) is 12.9. The molecule has 5 aromatic heterocycles. The van der Waals surface area contributed by atoms with Crippen molar-refractivity contribution in [2.24, 2.45) is 0 Å². The molecule has 2 aromatic carbocycles. The quantitative estimate of drug-likeness (QED) is 0.253. The number of aromatic nitrogens is 7. The van der Waals surface area contributed by atoms with Gasteiger partial charge in [-0.15, -0.1) is 0 Å². The maximum absolute atomic E-state index is 12.6. The minimum absolute atomic E-state index is 0.102. The SMILES string of the molecule is Cc1cn(-c2cccc3[nH]c(-c4n[nH]c5cnc(-c6cncc(NC(=O)Cc7ccccc7)c6)cc45)cc23)cn1. The van der Waals surface area contributed by atoms with Gasteiger partial charge in [-0.3, -0.25) is 19.9 Å². The minimum atomic E-state index is -0.102. The number of carbonyl (C=O) groups is 1. The number of nitrogens with zero attached hydrogens (tertiary/aromatic N) is 5. The summed E-state index contributed by atoms with van der Waals surface area (Å²) in [4.78, 5) is 29.5. The second-order valence-corrected chi connectivity index (χ2v) is 9.70. The van der Waals surface area contributed by atoms with Gasteiger partial charge in [0, 0.05) is 34.2 Å². The van der Waals surface area contributed by atoms with Crippen molar-refractivity contribution in [3.05, 3.63) is 109 Å². The number of benzene rings is 2. The number of hydrogen-bond acceptors (Lipinski definition) is 5. The van der Waals surface area contributed by atoms with E-state index in [1.807, 2.05) is 72.5 Å². The van der Waals surface area contributed by atoms with Crippen LogP contribution in [-0.4, -0.2) is 40.6 Å². The Labute approximate surface area is 229 Å². The summed E-state index contributed by atoms with van der Waals surface area (Å²) in [6.07, 6.45) is 9.27. The van der Waals surface area contributed by atoms with E-state index in [0.29, 0.717) is 12.1 Å². The Balaban J connectivity index is 1.21. The molecule has 7 aromatic rings. The van der Waals surface area contributed by atoms with Gasteiger partial charge in [0.25, 0.3) is 0 Å². The highest BCUT2D eigenvalue weighted by molar-refractivity contribution is 5.99. The summed E-state index contributed by atoms with van der Waals surface area (Å²) in [5.41, 5.74) is 8.61. The van der Waals surface area contributed by atoms with Gasteiger partial charge in [0.2, 0.25) is 5.91 Å². The normalized spacial score (nSPS) is 11.3. The lowest BCUT2D eigenvalue weighted by atomic mass is 10.1. The second-order valence-electron chi connectivity index (χ2n) is 9.70. The molecule has 7 rings (SSSR count). The van der Waals surface area contributed by atoms with Crippen LogP contribution in [0.5, 0.6) is 0 Å². The van der Waals surface area contributed by atoms with Gasteiger partial charge in [0.05, 0.1) is 59.1 Å². The molecular formula is C31H24N8O. The van der Waals surface area contributed by atoms with Crippen LogP contribution in [0.1, 0.15) is 11.3 Å². The molecule has 194 valence electrons. The molecule has 0 bridgehead atoms. The van der Waals surface area contributed by atoms with E-state index >= 15 is 0 Å². The van der Waals surface area contributed by atoms with E-state index in [1.165, 1.54) is 0 Å². The van der Waals surface area contributed by atoms with Crippen molar-refractivity contribution < 1.29 is 4.79 Å². The van der Waals surface area contributed by atoms with Crippen molar-refractivity contribution in [1.82, 2.24) is 34.7 Å². The molecule has 40 heavy (non-hydrogen) atoms. The molecule has 0 fully saturated rings. The van der Waals surface area contributed by atoms with Crippen LogP contribution in [0.2, 0.25) is 0 Å². The van der Waals surface area contributed by atoms with Crippen LogP contribution in [0.3, 0.4) is 0 Å². The average Bonchev–Trinajstić information content (AvgIpc) is 3.71. The molecule has 0 aliphatic rings. The number of hydrogen-bond donors (Lipinski definition) is 3. The first-order chi connectivity index (χ1) is 19.6. The van der Waals surface area contributed by atoms with E-state index in [4.69, 9.17) is 0 Å². The monoisotopic (exact) mass is 524 g/mol. The lowest BCUT2D eigenvalue weighted by Crippen LogP contribution is -2.14. The molecule has 9 heteroatoms. The minimum Gasteiger partial charge on any atom is -0.353 e. The van der Waals surface area contributed by atoms with Gasteiger partial charge in [-0.05, 0) is 42.8 Å². The Kier molecular flexibility index (Phi) is 5.67. The second kappa shape index (κ2) is 9.63. The van der Waals surface area contributed by atoms with Crippen LogP contribution >= 0.6 is 0 Å². The molecule has 0 atom stereocenters. The van der Waals surface area contributed by atoms with Crippen LogP contribution in [0.15, 0.2) is 97.8 Å². The first kappa shape index (κ1) is 23.5. The van der Waals surface area contributed by atoms with Gasteiger partial charge in [-0.2, -0.15) is 5.10 Å². The molecule has 0 aliphatic carbocycles. The number of pyridine rings is 2. The van der Waals surface area contributed by atoms with Crippen molar-refractivity contribution in [1.29, 1.82) is 0 Å². The number of nitrogens with one attached hydrogen (secondary N) is 3. The third-order valence-electron chi connectivity index (χ3n) is 6.86. The van der Waals surface area contributed by atoms with Gasteiger partial charge >= 0.3 is 0 Å². The van der Waals surface area contributed by atoms with E-state index in [1.54, 1.807) is 18.6 Å². The lowest BCUT2D eigenvalue weighted by Gasteiger charge is -2.07. The molecule has 0 aliphatic heterocycles. The number of aromatic amines is 2. The van der Waals surface area contributed by atoms with E-state index < -0.39 is 0 Å². The fourth-order valence-corrected chi connectivity index (χ4v) is 4.96. The number of rotatable bonds is 6. The fraction of sp³-hybridized carbons (Fsp3) is 0.0645. The van der Waals surface area contributed by atoms with Crippen molar-refractivity contribution in [2.45, 2.75) is 13.3 Å². The number of imidazole rings is 1. The smallest absolute Gasteiger partial charge is 0.228 e.